The molecule has 0 amide bonds. The van der Waals surface area contributed by atoms with Gasteiger partial charge in [-0.15, -0.1) is 0 Å². The van der Waals surface area contributed by atoms with E-state index in [1.807, 2.05) is 18.2 Å². The maximum atomic E-state index is 11.2. The zero-order chi connectivity index (χ0) is 21.4. The second kappa shape index (κ2) is 10.5. The van der Waals surface area contributed by atoms with Gasteiger partial charge in [0, 0.05) is 25.6 Å². The number of nitrogens with zero attached hydrogens (tertiary/aromatic N) is 4. The molecule has 1 saturated heterocycles. The summed E-state index contributed by atoms with van der Waals surface area (Å²) in [5.74, 6) is 1.76. The van der Waals surface area contributed by atoms with Gasteiger partial charge < -0.3 is 9.64 Å². The molecule has 3 rings (SSSR count). The summed E-state index contributed by atoms with van der Waals surface area (Å²) in [4.78, 5) is 11.1. The lowest BCUT2D eigenvalue weighted by molar-refractivity contribution is 0.122. The normalized spacial score (nSPS) is 17.6. The maximum absolute atomic E-state index is 11.2. The van der Waals surface area contributed by atoms with Gasteiger partial charge in [0.15, 0.2) is 5.82 Å². The van der Waals surface area contributed by atoms with Crippen molar-refractivity contribution in [2.45, 2.75) is 19.8 Å². The molecule has 9 nitrogen and oxygen atoms in total. The quantitative estimate of drug-likeness (QED) is 0.377. The molecule has 1 aliphatic carbocycles. The molecule has 1 aromatic rings. The first-order chi connectivity index (χ1) is 14.4. The average Bonchev–Trinajstić information content (AvgIpc) is 2.92. The Bertz CT molecular complexity index is 961. The number of hydrogen-bond acceptors (Lipinski definition) is 9. The highest BCUT2D eigenvalue weighted by atomic mass is 32.2. The molecule has 1 N–H and O–H groups in total. The van der Waals surface area contributed by atoms with Crippen molar-refractivity contribution in [3.05, 3.63) is 47.3 Å². The predicted molar refractivity (Wildman–Crippen MR) is 117 cm³/mol. The van der Waals surface area contributed by atoms with Crippen LogP contribution in [0, 0.1) is 0 Å². The van der Waals surface area contributed by atoms with Gasteiger partial charge in [0.05, 0.1) is 32.3 Å². The molecular formula is C20H27N5O4S. The second-order valence-corrected chi connectivity index (χ2v) is 8.67. The predicted octanol–water partition coefficient (Wildman–Crippen LogP) is 2.06. The Labute approximate surface area is 177 Å². The molecular weight excluding hydrogens is 406 g/mol. The summed E-state index contributed by atoms with van der Waals surface area (Å²) in [6, 6.07) is 1.83. The van der Waals surface area contributed by atoms with Crippen molar-refractivity contribution >= 4 is 28.0 Å². The summed E-state index contributed by atoms with van der Waals surface area (Å²) in [6.07, 6.45) is 12.1. The number of allylic oxidation sites excluding steroid dienone is 6. The molecule has 1 aliphatic heterocycles. The van der Waals surface area contributed by atoms with Crippen molar-refractivity contribution in [1.82, 2.24) is 9.97 Å². The lowest BCUT2D eigenvalue weighted by Crippen LogP contribution is -2.37. The fourth-order valence-electron chi connectivity index (χ4n) is 2.91. The minimum absolute atomic E-state index is 0.0149. The standard InChI is InChI=1S/C20H27N5O4S/c1-16-4-3-5-17(7-6-16)15-21-24-19-14-20(25-9-12-28-13-10-25)23-18(22-19)8-11-29-30(2,26)27/h3-6,14-15H,7-13H2,1-2H3,(H,22,23,24)/b21-15-. The molecule has 0 aromatic carbocycles. The molecule has 1 aromatic heterocycles. The Kier molecular flexibility index (Phi) is 7.72. The van der Waals surface area contributed by atoms with E-state index in [1.54, 1.807) is 6.21 Å². The fraction of sp³-hybridized carbons (Fsp3) is 0.450. The number of hydrogen-bond donors (Lipinski definition) is 1. The van der Waals surface area contributed by atoms with E-state index in [-0.39, 0.29) is 13.0 Å². The average molecular weight is 434 g/mol. The van der Waals surface area contributed by atoms with Gasteiger partial charge in [-0.05, 0) is 18.9 Å². The van der Waals surface area contributed by atoms with Crippen LogP contribution < -0.4 is 10.3 Å². The number of morpholine rings is 1. The van der Waals surface area contributed by atoms with Gasteiger partial charge in [-0.2, -0.15) is 13.5 Å². The van der Waals surface area contributed by atoms with Crippen LogP contribution in [0.3, 0.4) is 0 Å². The summed E-state index contributed by atoms with van der Waals surface area (Å²) in [5.41, 5.74) is 5.25. The number of aromatic nitrogens is 2. The molecule has 0 radical (unpaired) electrons. The number of nitrogens with one attached hydrogen (secondary N) is 1. The zero-order valence-corrected chi connectivity index (χ0v) is 18.1. The Morgan fingerprint density at radius 1 is 1.33 bits per heavy atom. The van der Waals surface area contributed by atoms with Crippen molar-refractivity contribution in [2.24, 2.45) is 5.10 Å². The second-order valence-electron chi connectivity index (χ2n) is 7.03. The van der Waals surface area contributed by atoms with E-state index in [1.165, 1.54) is 5.57 Å². The Hall–Kier alpha value is -2.56. The highest BCUT2D eigenvalue weighted by molar-refractivity contribution is 7.85. The maximum Gasteiger partial charge on any atom is 0.264 e. The van der Waals surface area contributed by atoms with Crippen molar-refractivity contribution in [3.8, 4) is 0 Å². The largest absolute Gasteiger partial charge is 0.378 e. The molecule has 0 atom stereocenters. The van der Waals surface area contributed by atoms with E-state index in [0.717, 1.165) is 37.2 Å². The van der Waals surface area contributed by atoms with Gasteiger partial charge >= 0.3 is 0 Å². The summed E-state index contributed by atoms with van der Waals surface area (Å²) >= 11 is 0. The zero-order valence-electron chi connectivity index (χ0n) is 17.2. The van der Waals surface area contributed by atoms with Crippen molar-refractivity contribution in [1.29, 1.82) is 0 Å². The van der Waals surface area contributed by atoms with Crippen molar-refractivity contribution < 1.29 is 17.3 Å². The van der Waals surface area contributed by atoms with Crippen LogP contribution in [-0.4, -0.2) is 63.8 Å². The lowest BCUT2D eigenvalue weighted by atomic mass is 10.2. The van der Waals surface area contributed by atoms with Gasteiger partial charge in [-0.25, -0.2) is 9.97 Å². The van der Waals surface area contributed by atoms with Gasteiger partial charge in [0.1, 0.15) is 11.6 Å². The molecule has 162 valence electrons. The van der Waals surface area contributed by atoms with Crippen LogP contribution in [0.25, 0.3) is 0 Å². The van der Waals surface area contributed by atoms with E-state index < -0.39 is 10.1 Å². The minimum Gasteiger partial charge on any atom is -0.378 e. The molecule has 0 spiro atoms. The molecule has 30 heavy (non-hydrogen) atoms. The van der Waals surface area contributed by atoms with E-state index in [2.05, 4.69) is 44.5 Å². The SMILES string of the molecule is CC1=CCC(/C=N\Nc2cc(N3CCOCC3)nc(CCOS(C)(=O)=O)n2)=CC=C1. The van der Waals surface area contributed by atoms with Gasteiger partial charge in [-0.3, -0.25) is 9.61 Å². The highest BCUT2D eigenvalue weighted by Crippen LogP contribution is 2.18. The van der Waals surface area contributed by atoms with Gasteiger partial charge in [0.25, 0.3) is 10.1 Å². The van der Waals surface area contributed by atoms with E-state index >= 15 is 0 Å². The first-order valence-electron chi connectivity index (χ1n) is 9.77. The number of hydrazone groups is 1. The van der Waals surface area contributed by atoms with E-state index in [9.17, 15) is 8.42 Å². The van der Waals surface area contributed by atoms with Gasteiger partial charge in [0.2, 0.25) is 0 Å². The topological polar surface area (TPSA) is 106 Å². The van der Waals surface area contributed by atoms with Crippen molar-refractivity contribution in [3.63, 3.8) is 0 Å². The Morgan fingerprint density at radius 3 is 2.90 bits per heavy atom. The molecule has 2 heterocycles. The number of rotatable bonds is 8. The van der Waals surface area contributed by atoms with Crippen LogP contribution in [-0.2, 0) is 25.5 Å². The van der Waals surface area contributed by atoms with Gasteiger partial charge in [-0.1, -0.05) is 29.9 Å². The summed E-state index contributed by atoms with van der Waals surface area (Å²) in [6.45, 7) is 4.76. The summed E-state index contributed by atoms with van der Waals surface area (Å²) < 4.78 is 32.7. The first-order valence-corrected chi connectivity index (χ1v) is 11.6. The molecule has 0 saturated carbocycles. The minimum atomic E-state index is -3.51. The third kappa shape index (κ3) is 7.36. The highest BCUT2D eigenvalue weighted by Gasteiger charge is 2.15. The first kappa shape index (κ1) is 22.1. The number of anilines is 2. The van der Waals surface area contributed by atoms with Crippen LogP contribution >= 0.6 is 0 Å². The van der Waals surface area contributed by atoms with Crippen LogP contribution in [0.2, 0.25) is 0 Å². The lowest BCUT2D eigenvalue weighted by Gasteiger charge is -2.28. The van der Waals surface area contributed by atoms with Crippen LogP contribution in [0.1, 0.15) is 19.2 Å². The van der Waals surface area contributed by atoms with E-state index in [0.29, 0.717) is 24.9 Å². The monoisotopic (exact) mass is 433 g/mol. The van der Waals surface area contributed by atoms with E-state index in [4.69, 9.17) is 8.92 Å². The third-order valence-electron chi connectivity index (χ3n) is 4.46. The van der Waals surface area contributed by atoms with Crippen LogP contribution in [0.5, 0.6) is 0 Å². The Morgan fingerprint density at radius 2 is 2.13 bits per heavy atom. The molecule has 2 aliphatic rings. The van der Waals surface area contributed by atoms with Crippen LogP contribution in [0.4, 0.5) is 11.6 Å². The summed E-state index contributed by atoms with van der Waals surface area (Å²) in [5, 5.41) is 4.31. The smallest absolute Gasteiger partial charge is 0.264 e. The van der Waals surface area contributed by atoms with Crippen molar-refractivity contribution in [2.75, 3.05) is 49.5 Å². The van der Waals surface area contributed by atoms with Crippen LogP contribution in [0.15, 0.2) is 46.6 Å². The molecule has 0 bridgehead atoms. The molecule has 0 unspecified atom stereocenters. The third-order valence-corrected chi connectivity index (χ3v) is 5.05. The fourth-order valence-corrected chi connectivity index (χ4v) is 3.29. The number of ether oxygens (including phenoxy) is 1. The molecule has 10 heteroatoms. The summed E-state index contributed by atoms with van der Waals surface area (Å²) in [7, 11) is -3.51. The molecule has 1 fully saturated rings. The Balaban J connectivity index is 1.72.